The molecule has 0 amide bonds. The van der Waals surface area contributed by atoms with Crippen molar-refractivity contribution in [1.82, 2.24) is 0 Å². The van der Waals surface area contributed by atoms with Crippen LogP contribution >= 0.6 is 11.8 Å². The van der Waals surface area contributed by atoms with Crippen LogP contribution in [0, 0.1) is 0 Å². The first kappa shape index (κ1) is 9.10. The third kappa shape index (κ3) is 1.73. The van der Waals surface area contributed by atoms with E-state index >= 15 is 0 Å². The molecule has 2 unspecified atom stereocenters. The van der Waals surface area contributed by atoms with Gasteiger partial charge >= 0.3 is 0 Å². The van der Waals surface area contributed by atoms with Crippen LogP contribution in [-0.2, 0) is 4.74 Å². The van der Waals surface area contributed by atoms with E-state index in [1.54, 1.807) is 0 Å². The van der Waals surface area contributed by atoms with Crippen molar-refractivity contribution in [2.45, 2.75) is 42.6 Å². The van der Waals surface area contributed by atoms with E-state index in [-0.39, 0.29) is 0 Å². The summed E-state index contributed by atoms with van der Waals surface area (Å²) < 4.78 is 5.99. The van der Waals surface area contributed by atoms with E-state index < -0.39 is 0 Å². The lowest BCUT2D eigenvalue weighted by atomic mass is 10.0. The van der Waals surface area contributed by atoms with Gasteiger partial charge in [0.1, 0.15) is 0 Å². The molecule has 2 saturated heterocycles. The van der Waals surface area contributed by atoms with Gasteiger partial charge in [0.25, 0.3) is 0 Å². The molecule has 3 heteroatoms. The van der Waals surface area contributed by atoms with E-state index in [0.717, 1.165) is 11.9 Å². The van der Waals surface area contributed by atoms with Gasteiger partial charge in [-0.2, -0.15) is 11.8 Å². The van der Waals surface area contributed by atoms with Crippen LogP contribution in [0.5, 0.6) is 0 Å². The van der Waals surface area contributed by atoms with E-state index in [1.165, 1.54) is 48.1 Å². The van der Waals surface area contributed by atoms with Gasteiger partial charge in [0.05, 0.1) is 5.22 Å². The smallest absolute Gasteiger partial charge is 0.0601 e. The lowest BCUT2D eigenvalue weighted by Crippen LogP contribution is -2.45. The second-order valence-corrected chi connectivity index (χ2v) is 7.12. The molecule has 0 N–H and O–H groups in total. The fourth-order valence-electron chi connectivity index (χ4n) is 2.27. The Morgan fingerprint density at radius 1 is 1.33 bits per heavy atom. The Labute approximate surface area is 82.1 Å². The molecule has 0 spiro atoms. The van der Waals surface area contributed by atoms with Gasteiger partial charge in [0.15, 0.2) is 0 Å². The molecule has 0 aromatic heterocycles. The number of rotatable bonds is 1. The van der Waals surface area contributed by atoms with Crippen molar-refractivity contribution in [3.63, 3.8) is 0 Å². The highest BCUT2D eigenvalue weighted by Gasteiger charge is 2.38. The molecule has 2 rings (SSSR count). The monoisotopic (exact) mass is 202 g/mol. The predicted molar refractivity (Wildman–Crippen MR) is 58.0 cm³/mol. The first-order valence-corrected chi connectivity index (χ1v) is 7.12. The SMILES string of the molecule is [SiH3]C1(C2CCCS2)CCCCO1. The molecule has 2 fully saturated rings. The average molecular weight is 202 g/mol. The third-order valence-electron chi connectivity index (χ3n) is 3.11. The van der Waals surface area contributed by atoms with Crippen LogP contribution in [0.4, 0.5) is 0 Å². The van der Waals surface area contributed by atoms with Crippen LogP contribution in [0.15, 0.2) is 0 Å². The van der Waals surface area contributed by atoms with Crippen LogP contribution in [0.3, 0.4) is 0 Å². The van der Waals surface area contributed by atoms with Gasteiger partial charge in [-0.25, -0.2) is 0 Å². The summed E-state index contributed by atoms with van der Waals surface area (Å²) >= 11 is 2.16. The minimum Gasteiger partial charge on any atom is -0.378 e. The molecule has 0 bridgehead atoms. The second kappa shape index (κ2) is 3.72. The summed E-state index contributed by atoms with van der Waals surface area (Å²) in [6.07, 6.45) is 6.87. The molecule has 2 heterocycles. The van der Waals surface area contributed by atoms with Gasteiger partial charge in [-0.3, -0.25) is 0 Å². The third-order valence-corrected chi connectivity index (χ3v) is 6.68. The Bertz CT molecular complexity index is 151. The van der Waals surface area contributed by atoms with Crippen LogP contribution in [0.2, 0.25) is 0 Å². The molecule has 0 saturated carbocycles. The summed E-state index contributed by atoms with van der Waals surface area (Å²) in [5.41, 5.74) is 0. The molecule has 2 aliphatic heterocycles. The zero-order chi connectivity index (χ0) is 8.44. The van der Waals surface area contributed by atoms with E-state index in [1.807, 2.05) is 0 Å². The predicted octanol–water partition coefficient (Wildman–Crippen LogP) is 1.14. The van der Waals surface area contributed by atoms with Crippen molar-refractivity contribution in [1.29, 1.82) is 0 Å². The van der Waals surface area contributed by atoms with E-state index in [2.05, 4.69) is 11.8 Å². The van der Waals surface area contributed by atoms with Crippen molar-refractivity contribution in [3.05, 3.63) is 0 Å². The summed E-state index contributed by atoms with van der Waals surface area (Å²) in [6, 6.07) is 0. The Kier molecular flexibility index (Phi) is 2.82. The molecule has 2 aliphatic rings. The number of ether oxygens (including phenoxy) is 1. The topological polar surface area (TPSA) is 9.23 Å². The molecule has 12 heavy (non-hydrogen) atoms. The highest BCUT2D eigenvalue weighted by Crippen LogP contribution is 2.39. The fourth-order valence-corrected chi connectivity index (χ4v) is 5.10. The normalized spacial score (nSPS) is 43.5. The maximum Gasteiger partial charge on any atom is 0.0601 e. The van der Waals surface area contributed by atoms with Crippen molar-refractivity contribution < 1.29 is 4.74 Å². The zero-order valence-corrected chi connectivity index (χ0v) is 10.7. The standard InChI is InChI=1S/C9H18OSSi/c12-9(5-1-2-6-10-9)8-4-3-7-11-8/h8H,1-7H2,12H3. The fraction of sp³-hybridized carbons (Fsp3) is 1.00. The maximum atomic E-state index is 5.99. The number of hydrogen-bond acceptors (Lipinski definition) is 2. The number of thioether (sulfide) groups is 1. The molecular weight excluding hydrogens is 184 g/mol. The lowest BCUT2D eigenvalue weighted by Gasteiger charge is -2.38. The molecule has 1 nitrogen and oxygen atoms in total. The summed E-state index contributed by atoms with van der Waals surface area (Å²) in [5, 5.41) is 1.21. The largest absolute Gasteiger partial charge is 0.378 e. The minimum absolute atomic E-state index is 0.361. The van der Waals surface area contributed by atoms with Gasteiger partial charge < -0.3 is 4.74 Å². The summed E-state index contributed by atoms with van der Waals surface area (Å²) in [6.45, 7) is 1.03. The molecule has 0 radical (unpaired) electrons. The number of hydrogen-bond donors (Lipinski definition) is 0. The molecule has 0 aromatic carbocycles. The van der Waals surface area contributed by atoms with Gasteiger partial charge in [-0.05, 0) is 37.9 Å². The van der Waals surface area contributed by atoms with Crippen LogP contribution in [0.1, 0.15) is 32.1 Å². The molecule has 0 aliphatic carbocycles. The Morgan fingerprint density at radius 2 is 2.25 bits per heavy atom. The molecule has 0 aromatic rings. The summed E-state index contributed by atoms with van der Waals surface area (Å²) in [5.74, 6) is 1.37. The second-order valence-electron chi connectivity index (χ2n) is 4.12. The first-order valence-electron chi connectivity index (χ1n) is 5.07. The van der Waals surface area contributed by atoms with Gasteiger partial charge in [0.2, 0.25) is 0 Å². The van der Waals surface area contributed by atoms with Crippen LogP contribution < -0.4 is 0 Å². The molecular formula is C9H18OSSi. The van der Waals surface area contributed by atoms with Gasteiger partial charge in [-0.15, -0.1) is 0 Å². The molecule has 70 valence electrons. The van der Waals surface area contributed by atoms with Crippen molar-refractivity contribution in [2.75, 3.05) is 12.4 Å². The van der Waals surface area contributed by atoms with Crippen molar-refractivity contribution in [3.8, 4) is 0 Å². The average Bonchev–Trinajstić information content (AvgIpc) is 2.58. The summed E-state index contributed by atoms with van der Waals surface area (Å²) in [7, 11) is 1.23. The Hall–Kier alpha value is 0.527. The van der Waals surface area contributed by atoms with Gasteiger partial charge in [-0.1, -0.05) is 0 Å². The van der Waals surface area contributed by atoms with Crippen LogP contribution in [0.25, 0.3) is 0 Å². The van der Waals surface area contributed by atoms with Crippen molar-refractivity contribution >= 4 is 22.0 Å². The highest BCUT2D eigenvalue weighted by atomic mass is 32.2. The molecule has 2 atom stereocenters. The van der Waals surface area contributed by atoms with E-state index in [0.29, 0.717) is 5.22 Å². The van der Waals surface area contributed by atoms with Gasteiger partial charge in [0, 0.05) is 22.1 Å². The lowest BCUT2D eigenvalue weighted by molar-refractivity contribution is -0.0185. The Morgan fingerprint density at radius 3 is 2.83 bits per heavy atom. The zero-order valence-electron chi connectivity index (χ0n) is 7.84. The quantitative estimate of drug-likeness (QED) is 0.590. The maximum absolute atomic E-state index is 5.99. The van der Waals surface area contributed by atoms with Crippen molar-refractivity contribution in [2.24, 2.45) is 0 Å². The highest BCUT2D eigenvalue weighted by molar-refractivity contribution is 8.00. The summed E-state index contributed by atoms with van der Waals surface area (Å²) in [4.78, 5) is 0. The van der Waals surface area contributed by atoms with Crippen LogP contribution in [-0.4, -0.2) is 33.1 Å². The van der Waals surface area contributed by atoms with E-state index in [9.17, 15) is 0 Å². The minimum atomic E-state index is 0.361. The Balaban J connectivity index is 1.97. The first-order chi connectivity index (χ1) is 5.81. The van der Waals surface area contributed by atoms with E-state index in [4.69, 9.17) is 4.74 Å².